The zero-order chi connectivity index (χ0) is 81.5. The van der Waals surface area contributed by atoms with Gasteiger partial charge >= 0.3 is 28.4 Å². The van der Waals surface area contributed by atoms with E-state index in [-0.39, 0.29) is 56.2 Å². The van der Waals surface area contributed by atoms with E-state index in [4.69, 9.17) is 0 Å². The monoisotopic (exact) mass is 1520 g/mol. The molecule has 10 aromatic rings. The van der Waals surface area contributed by atoms with Crippen LogP contribution < -0.4 is 56.2 Å². The molecule has 35 heteroatoms. The van der Waals surface area contributed by atoms with Crippen LogP contribution in [-0.4, -0.2) is 219 Å². The van der Waals surface area contributed by atoms with Crippen LogP contribution in [0.4, 0.5) is 0 Å². The number of aromatic nitrogens is 20. The number of unbranched alkanes of at least 4 members (excludes halogenated alkanes) is 3. The minimum atomic E-state index is -0.343. The molecule has 109 heavy (non-hydrogen) atoms. The van der Waals surface area contributed by atoms with Crippen molar-refractivity contribution < 1.29 is 0 Å². The molecule has 0 amide bonds. The molecule has 0 bridgehead atoms. The summed E-state index contributed by atoms with van der Waals surface area (Å²) in [6.07, 6.45) is 9.45. The Labute approximate surface area is 635 Å². The summed E-state index contributed by atoms with van der Waals surface area (Å²) >= 11 is 0. The van der Waals surface area contributed by atoms with Gasteiger partial charge in [0, 0.05) is 116 Å². The molecule has 0 aliphatic carbocycles. The number of nitrogens with zero attached hydrogens (tertiary/aromatic N) is 25. The lowest BCUT2D eigenvalue weighted by atomic mass is 10.2. The van der Waals surface area contributed by atoms with Crippen LogP contribution in [0.25, 0.3) is 55.8 Å². The lowest BCUT2D eigenvalue weighted by Crippen LogP contribution is -2.37. The molecule has 10 aromatic heterocycles. The first-order valence-electron chi connectivity index (χ1n) is 38.0. The maximum atomic E-state index is 12.5. The Morgan fingerprint density at radius 2 is 0.459 bits per heavy atom. The largest absolute Gasteiger partial charge is 0.332 e. The van der Waals surface area contributed by atoms with Crippen molar-refractivity contribution in [2.24, 2.45) is 70.5 Å². The van der Waals surface area contributed by atoms with Gasteiger partial charge < -0.3 is 47.3 Å². The molecule has 0 aromatic carbocycles. The predicted molar refractivity (Wildman–Crippen MR) is 432 cm³/mol. The number of fused-ring (bicyclic) bond motifs is 5. The lowest BCUT2D eigenvalue weighted by molar-refractivity contribution is 0.293. The van der Waals surface area contributed by atoms with Crippen LogP contribution in [0.2, 0.25) is 0 Å². The van der Waals surface area contributed by atoms with Crippen LogP contribution >= 0.6 is 0 Å². The molecule has 10 rings (SSSR count). The third-order valence-electron chi connectivity index (χ3n) is 20.3. The van der Waals surface area contributed by atoms with Crippen molar-refractivity contribution >= 4 is 55.8 Å². The maximum Gasteiger partial charge on any atom is 0.332 e. The summed E-state index contributed by atoms with van der Waals surface area (Å²) in [5.74, 6) is 4.03. The van der Waals surface area contributed by atoms with E-state index in [0.29, 0.717) is 55.8 Å². The van der Waals surface area contributed by atoms with Gasteiger partial charge in [-0.15, -0.1) is 0 Å². The van der Waals surface area contributed by atoms with Gasteiger partial charge in [-0.3, -0.25) is 69.6 Å². The molecular formula is C74H123N25O10. The van der Waals surface area contributed by atoms with Crippen LogP contribution in [0.1, 0.15) is 122 Å². The number of hydrogen-bond acceptors (Lipinski definition) is 20. The van der Waals surface area contributed by atoms with E-state index in [1.54, 1.807) is 35.2 Å². The molecule has 0 aliphatic rings. The predicted octanol–water partition coefficient (Wildman–Crippen LogP) is 1.71. The maximum absolute atomic E-state index is 12.5. The van der Waals surface area contributed by atoms with Gasteiger partial charge in [0.1, 0.15) is 29.1 Å². The van der Waals surface area contributed by atoms with Gasteiger partial charge in [0.15, 0.2) is 55.8 Å². The third kappa shape index (κ3) is 19.8. The first kappa shape index (κ1) is 88.5. The summed E-state index contributed by atoms with van der Waals surface area (Å²) in [4.78, 5) is 155. The van der Waals surface area contributed by atoms with Gasteiger partial charge in [0.2, 0.25) is 0 Å². The van der Waals surface area contributed by atoms with Crippen LogP contribution in [-0.2, 0) is 116 Å². The Morgan fingerprint density at radius 3 is 0.716 bits per heavy atom. The highest BCUT2D eigenvalue weighted by Gasteiger charge is 2.23. The second-order valence-electron chi connectivity index (χ2n) is 28.7. The van der Waals surface area contributed by atoms with Crippen LogP contribution in [0.3, 0.4) is 0 Å². The van der Waals surface area contributed by atoms with E-state index < -0.39 is 0 Å². The minimum Gasteiger partial charge on any atom is -0.322 e. The fourth-order valence-electron chi connectivity index (χ4n) is 13.6. The van der Waals surface area contributed by atoms with Crippen molar-refractivity contribution in [2.45, 2.75) is 159 Å². The molecule has 0 fully saturated rings. The van der Waals surface area contributed by atoms with E-state index in [2.05, 4.69) is 91.2 Å². The third-order valence-corrected chi connectivity index (χ3v) is 20.3. The molecule has 10 heterocycles. The van der Waals surface area contributed by atoms with E-state index in [1.807, 2.05) is 85.6 Å². The average molecular weight is 1520 g/mol. The minimum absolute atomic E-state index is 0.266. The molecule has 0 atom stereocenters. The summed E-state index contributed by atoms with van der Waals surface area (Å²) in [5, 5.41) is 0. The first-order chi connectivity index (χ1) is 51.4. The summed E-state index contributed by atoms with van der Waals surface area (Å²) in [6.45, 7) is 31.2. The van der Waals surface area contributed by atoms with E-state index >= 15 is 0 Å². The smallest absolute Gasteiger partial charge is 0.322 e. The Hall–Kier alpha value is -9.45. The second-order valence-corrected chi connectivity index (χ2v) is 28.7. The quantitative estimate of drug-likeness (QED) is 0.0602. The van der Waals surface area contributed by atoms with Crippen LogP contribution in [0.15, 0.2) is 47.9 Å². The van der Waals surface area contributed by atoms with Crippen molar-refractivity contribution in [1.82, 2.24) is 118 Å². The zero-order valence-electron chi connectivity index (χ0n) is 69.7. The van der Waals surface area contributed by atoms with Crippen LogP contribution in [0, 0.1) is 20.8 Å². The number of aryl methyl sites for hydroxylation is 15. The number of rotatable bonds is 29. The molecule has 0 unspecified atom stereocenters. The van der Waals surface area contributed by atoms with Gasteiger partial charge in [0.05, 0.1) is 0 Å². The Bertz CT molecular complexity index is 5440. The van der Waals surface area contributed by atoms with Crippen molar-refractivity contribution in [3.63, 3.8) is 0 Å². The zero-order valence-corrected chi connectivity index (χ0v) is 69.7. The van der Waals surface area contributed by atoms with Gasteiger partial charge in [-0.2, -0.15) is 0 Å². The molecule has 0 aliphatic heterocycles. The molecular weight excluding hydrogens is 1400 g/mol. The Balaban J connectivity index is 0.000000213. The van der Waals surface area contributed by atoms with Crippen molar-refractivity contribution in [3.05, 3.63) is 133 Å². The Morgan fingerprint density at radius 1 is 0.257 bits per heavy atom. The Kier molecular flexibility index (Phi) is 31.9. The topological polar surface area (TPSA) is 325 Å². The summed E-state index contributed by atoms with van der Waals surface area (Å²) < 4.78 is 22.7. The molecule has 0 saturated heterocycles. The van der Waals surface area contributed by atoms with Crippen molar-refractivity contribution in [2.75, 3.05) is 101 Å². The van der Waals surface area contributed by atoms with Gasteiger partial charge in [-0.05, 0) is 173 Å². The van der Waals surface area contributed by atoms with Crippen molar-refractivity contribution in [1.29, 1.82) is 0 Å². The fourth-order valence-corrected chi connectivity index (χ4v) is 13.6. The van der Waals surface area contributed by atoms with Gasteiger partial charge in [-0.1, -0.05) is 41.5 Å². The molecule has 0 radical (unpaired) electrons. The number of imidazole rings is 5. The molecule has 0 N–H and O–H groups in total. The highest BCUT2D eigenvalue weighted by Crippen LogP contribution is 2.18. The van der Waals surface area contributed by atoms with Gasteiger partial charge in [0.25, 0.3) is 27.8 Å². The number of hydrogen-bond donors (Lipinski definition) is 0. The van der Waals surface area contributed by atoms with E-state index in [9.17, 15) is 47.9 Å². The summed E-state index contributed by atoms with van der Waals surface area (Å²) in [5.41, 5.74) is 1.91. The summed E-state index contributed by atoms with van der Waals surface area (Å²) in [6, 6.07) is 0. The van der Waals surface area contributed by atoms with Crippen LogP contribution in [0.5, 0.6) is 0 Å². The van der Waals surface area contributed by atoms with E-state index in [0.717, 1.165) is 208 Å². The SMILES string of the molecule is CCN(CC)CCCCn1c(C)nc2c1c(=O)n(C)c(=O)n2C.CCN(CC)CCCn1c(C)nc2c1c(=O)n(C)c(=O)n2C.CCc1nc2c(c(=O)n(C)c(=O)n2C)n1CCCCN(C)C.CCc1nc2c(c(=O)n(C)c(=O)n2C)n1CCCN(C)C.Cc1nc2c(c(=O)n(C)c(=O)n2C)n1CCCCN(C)C. The molecule has 0 saturated carbocycles. The molecule has 0 spiro atoms. The molecule has 604 valence electrons. The van der Waals surface area contributed by atoms with Crippen molar-refractivity contribution in [3.8, 4) is 0 Å². The van der Waals surface area contributed by atoms with E-state index in [1.165, 1.54) is 58.1 Å². The highest BCUT2D eigenvalue weighted by molar-refractivity contribution is 5.74. The first-order valence-corrected chi connectivity index (χ1v) is 38.0. The summed E-state index contributed by atoms with van der Waals surface area (Å²) in [7, 11) is 28.0. The normalized spacial score (nSPS) is 11.7. The van der Waals surface area contributed by atoms with Gasteiger partial charge in [-0.25, -0.2) is 48.9 Å². The standard InChI is InChI=1S/C16H27N5O2.2C15H25N5O2.2C14H23N5O2/c1-6-20(7-2)10-8-9-11-21-12(3)17-14-13(21)15(22)19(5)16(23)18(14)4;1-6-11-16-13-12(14(21)19(5)15(22)18(13)4)20(11)10-8-7-9-17(2)3;1-6-19(7-2)9-8-10-20-11(3)16-13-12(20)14(21)18(5)15(22)17(13)4;1-10-15-12-11(13(20)18(5)14(21)17(12)4)19(10)9-7-6-8-16(2)3;1-6-10-15-12-11(19(10)9-7-8-16(2)3)13(20)18(5)14(21)17(12)4/h6-11H2,1-5H3;2*6-10H2,1-5H3;2*6-9H2,1-5H3. The highest BCUT2D eigenvalue weighted by atomic mass is 16.2. The average Bonchev–Trinajstić information content (AvgIpc) is 1.67. The second kappa shape index (κ2) is 39.3. The molecule has 35 nitrogen and oxygen atoms in total. The lowest BCUT2D eigenvalue weighted by Gasteiger charge is -2.18. The fraction of sp³-hybridized carbons (Fsp3) is 0.662.